The van der Waals surface area contributed by atoms with Crippen LogP contribution >= 0.6 is 0 Å². The largest absolute Gasteiger partial charge is 0.345 e. The van der Waals surface area contributed by atoms with E-state index in [9.17, 15) is 18.4 Å². The fourth-order valence-electron chi connectivity index (χ4n) is 4.29. The molecule has 2 aliphatic rings. The fraction of sp³-hybridized carbons (Fsp3) is 0.360. The van der Waals surface area contributed by atoms with Crippen LogP contribution in [0.25, 0.3) is 0 Å². The summed E-state index contributed by atoms with van der Waals surface area (Å²) in [6.45, 7) is 1.68. The van der Waals surface area contributed by atoms with Crippen LogP contribution < -0.4 is 5.32 Å². The SMILES string of the molecule is O=C(NCc1ccccn1)c1nn(CC2CC2)c2c1CN(C(=O)Cc1cc(F)ccc1F)CC2. The van der Waals surface area contributed by atoms with Gasteiger partial charge in [-0.15, -0.1) is 0 Å². The lowest BCUT2D eigenvalue weighted by Gasteiger charge is -2.28. The van der Waals surface area contributed by atoms with E-state index in [0.717, 1.165) is 54.5 Å². The number of halogens is 2. The zero-order valence-corrected chi connectivity index (χ0v) is 18.6. The molecule has 0 radical (unpaired) electrons. The van der Waals surface area contributed by atoms with Gasteiger partial charge in [-0.1, -0.05) is 6.07 Å². The molecule has 9 heteroatoms. The molecule has 3 aromatic rings. The minimum atomic E-state index is -0.612. The van der Waals surface area contributed by atoms with E-state index in [1.54, 1.807) is 11.1 Å². The molecule has 1 aliphatic heterocycles. The first-order valence-electron chi connectivity index (χ1n) is 11.5. The minimum absolute atomic E-state index is 0.0218. The summed E-state index contributed by atoms with van der Waals surface area (Å²) in [5, 5.41) is 7.50. The van der Waals surface area contributed by atoms with Crippen molar-refractivity contribution in [2.75, 3.05) is 6.54 Å². The summed E-state index contributed by atoms with van der Waals surface area (Å²) in [6.07, 6.45) is 4.29. The molecule has 1 N–H and O–H groups in total. The molecule has 0 bridgehead atoms. The van der Waals surface area contributed by atoms with E-state index in [4.69, 9.17) is 0 Å². The Balaban J connectivity index is 1.35. The molecule has 2 amide bonds. The van der Waals surface area contributed by atoms with Gasteiger partial charge in [0.15, 0.2) is 5.69 Å². The number of pyridine rings is 1. The fourth-order valence-corrected chi connectivity index (χ4v) is 4.29. The quantitative estimate of drug-likeness (QED) is 0.582. The Labute approximate surface area is 195 Å². The number of nitrogens with one attached hydrogen (secondary N) is 1. The van der Waals surface area contributed by atoms with E-state index in [1.807, 2.05) is 22.9 Å². The van der Waals surface area contributed by atoms with Gasteiger partial charge in [0, 0.05) is 49.1 Å². The summed E-state index contributed by atoms with van der Waals surface area (Å²) < 4.78 is 29.5. The molecule has 0 atom stereocenters. The Bertz CT molecular complexity index is 1220. The third-order valence-electron chi connectivity index (χ3n) is 6.34. The van der Waals surface area contributed by atoms with Crippen molar-refractivity contribution < 1.29 is 18.4 Å². The van der Waals surface area contributed by atoms with Gasteiger partial charge in [-0.25, -0.2) is 8.78 Å². The van der Waals surface area contributed by atoms with Crippen molar-refractivity contribution in [3.8, 4) is 0 Å². The predicted molar refractivity (Wildman–Crippen MR) is 120 cm³/mol. The summed E-state index contributed by atoms with van der Waals surface area (Å²) in [5.74, 6) is -1.26. The number of benzene rings is 1. The molecule has 1 fully saturated rings. The number of fused-ring (bicyclic) bond motifs is 1. The van der Waals surface area contributed by atoms with Crippen molar-refractivity contribution in [2.45, 2.75) is 45.3 Å². The van der Waals surface area contributed by atoms with Gasteiger partial charge in [0.2, 0.25) is 5.91 Å². The molecule has 1 aliphatic carbocycles. The second kappa shape index (κ2) is 9.32. The normalized spacial score (nSPS) is 15.2. The molecule has 34 heavy (non-hydrogen) atoms. The van der Waals surface area contributed by atoms with E-state index in [1.165, 1.54) is 0 Å². The van der Waals surface area contributed by atoms with Crippen LogP contribution in [0.5, 0.6) is 0 Å². The van der Waals surface area contributed by atoms with Gasteiger partial charge in [-0.2, -0.15) is 5.10 Å². The minimum Gasteiger partial charge on any atom is -0.345 e. The van der Waals surface area contributed by atoms with E-state index in [-0.39, 0.29) is 36.9 Å². The number of aromatic nitrogens is 3. The number of nitrogens with zero attached hydrogens (tertiary/aromatic N) is 4. The van der Waals surface area contributed by atoms with Gasteiger partial charge < -0.3 is 10.2 Å². The molecule has 1 aromatic carbocycles. The highest BCUT2D eigenvalue weighted by atomic mass is 19.1. The number of rotatable bonds is 7. The van der Waals surface area contributed by atoms with Crippen molar-refractivity contribution in [3.63, 3.8) is 0 Å². The van der Waals surface area contributed by atoms with Crippen LogP contribution in [-0.2, 0) is 37.3 Å². The number of carbonyl (C=O) groups is 2. The van der Waals surface area contributed by atoms with Gasteiger partial charge in [-0.3, -0.25) is 19.3 Å². The van der Waals surface area contributed by atoms with Crippen LogP contribution in [0, 0.1) is 17.6 Å². The summed E-state index contributed by atoms with van der Waals surface area (Å²) >= 11 is 0. The molecule has 176 valence electrons. The second-order valence-electron chi connectivity index (χ2n) is 8.88. The lowest BCUT2D eigenvalue weighted by atomic mass is 10.0. The highest BCUT2D eigenvalue weighted by molar-refractivity contribution is 5.94. The maximum absolute atomic E-state index is 14.1. The monoisotopic (exact) mass is 465 g/mol. The van der Waals surface area contributed by atoms with E-state index in [0.29, 0.717) is 24.6 Å². The lowest BCUT2D eigenvalue weighted by molar-refractivity contribution is -0.131. The number of amides is 2. The van der Waals surface area contributed by atoms with Crippen LogP contribution in [0.4, 0.5) is 8.78 Å². The van der Waals surface area contributed by atoms with E-state index < -0.39 is 11.6 Å². The smallest absolute Gasteiger partial charge is 0.272 e. The zero-order chi connectivity index (χ0) is 23.7. The Hall–Kier alpha value is -3.62. The van der Waals surface area contributed by atoms with Crippen molar-refractivity contribution in [1.82, 2.24) is 25.0 Å². The van der Waals surface area contributed by atoms with Gasteiger partial charge in [-0.05, 0) is 49.1 Å². The van der Waals surface area contributed by atoms with Crippen LogP contribution in [-0.4, -0.2) is 38.0 Å². The van der Waals surface area contributed by atoms with Crippen molar-refractivity contribution >= 4 is 11.8 Å². The standard InChI is InChI=1S/C25H25F2N5O2/c26-18-6-7-21(27)17(11-18)12-23(33)31-10-8-22-20(15-31)24(30-32(22)14-16-4-5-16)25(34)29-13-19-3-1-2-9-28-19/h1-3,6-7,9,11,16H,4-5,8,10,12-15H2,(H,29,34). The van der Waals surface area contributed by atoms with Crippen LogP contribution in [0.2, 0.25) is 0 Å². The van der Waals surface area contributed by atoms with Crippen LogP contribution in [0.15, 0.2) is 42.6 Å². The molecule has 3 heterocycles. The van der Waals surface area contributed by atoms with E-state index >= 15 is 0 Å². The summed E-state index contributed by atoms with van der Waals surface area (Å²) in [4.78, 5) is 31.8. The number of carbonyl (C=O) groups excluding carboxylic acids is 2. The number of hydrogen-bond donors (Lipinski definition) is 1. The highest BCUT2D eigenvalue weighted by Crippen LogP contribution is 2.33. The maximum atomic E-state index is 14.1. The molecule has 0 spiro atoms. The first-order valence-corrected chi connectivity index (χ1v) is 11.5. The van der Waals surface area contributed by atoms with Crippen LogP contribution in [0.3, 0.4) is 0 Å². The Morgan fingerprint density at radius 3 is 2.76 bits per heavy atom. The van der Waals surface area contributed by atoms with Crippen molar-refractivity contribution in [1.29, 1.82) is 0 Å². The first-order chi connectivity index (χ1) is 16.5. The topological polar surface area (TPSA) is 80.1 Å². The Morgan fingerprint density at radius 1 is 1.15 bits per heavy atom. The zero-order valence-electron chi connectivity index (χ0n) is 18.6. The Morgan fingerprint density at radius 2 is 2.00 bits per heavy atom. The molecule has 0 saturated heterocycles. The number of hydrogen-bond acceptors (Lipinski definition) is 4. The summed E-state index contributed by atoms with van der Waals surface area (Å²) in [6, 6.07) is 8.59. The molecule has 5 rings (SSSR count). The lowest BCUT2D eigenvalue weighted by Crippen LogP contribution is -2.38. The average Bonchev–Trinajstić information content (AvgIpc) is 3.59. The molecule has 2 aromatic heterocycles. The van der Waals surface area contributed by atoms with Crippen molar-refractivity contribution in [3.05, 3.63) is 82.4 Å². The third kappa shape index (κ3) is 4.83. The molecular weight excluding hydrogens is 440 g/mol. The van der Waals surface area contributed by atoms with Gasteiger partial charge in [0.25, 0.3) is 5.91 Å². The van der Waals surface area contributed by atoms with E-state index in [2.05, 4.69) is 15.4 Å². The van der Waals surface area contributed by atoms with Gasteiger partial charge >= 0.3 is 0 Å². The first kappa shape index (κ1) is 22.2. The molecular formula is C25H25F2N5O2. The third-order valence-corrected chi connectivity index (χ3v) is 6.34. The summed E-state index contributed by atoms with van der Waals surface area (Å²) in [5.41, 5.74) is 2.75. The predicted octanol–water partition coefficient (Wildman–Crippen LogP) is 3.02. The summed E-state index contributed by atoms with van der Waals surface area (Å²) in [7, 11) is 0. The Kier molecular flexibility index (Phi) is 6.08. The average molecular weight is 466 g/mol. The highest BCUT2D eigenvalue weighted by Gasteiger charge is 2.32. The second-order valence-corrected chi connectivity index (χ2v) is 8.88. The molecule has 1 saturated carbocycles. The van der Waals surface area contributed by atoms with Gasteiger partial charge in [0.1, 0.15) is 11.6 Å². The van der Waals surface area contributed by atoms with Crippen molar-refractivity contribution in [2.24, 2.45) is 5.92 Å². The maximum Gasteiger partial charge on any atom is 0.272 e. The van der Waals surface area contributed by atoms with Crippen LogP contribution in [0.1, 0.15) is 45.8 Å². The molecule has 0 unspecified atom stereocenters. The van der Waals surface area contributed by atoms with Gasteiger partial charge in [0.05, 0.1) is 18.7 Å². The molecule has 7 nitrogen and oxygen atoms in total.